The summed E-state index contributed by atoms with van der Waals surface area (Å²) >= 11 is 0. The summed E-state index contributed by atoms with van der Waals surface area (Å²) in [6.45, 7) is 6.38. The first-order valence-electron chi connectivity index (χ1n) is 7.16. The molecule has 4 heteroatoms. The summed E-state index contributed by atoms with van der Waals surface area (Å²) in [7, 11) is 0. The van der Waals surface area contributed by atoms with Crippen LogP contribution >= 0.6 is 0 Å². The summed E-state index contributed by atoms with van der Waals surface area (Å²) in [4.78, 5) is 11.0. The molecule has 0 spiro atoms. The number of carbonyl (C=O) groups is 1. The quantitative estimate of drug-likeness (QED) is 0.850. The number of carboxylic acid groups (broad SMARTS) is 1. The standard InChI is InChI=1S/C17H21NO3/c1-4-13-5-7-14(8-6-13)11(2)18-10-15-9-16(17(19)20)12(3)21-15/h5-9,11,18H,4,10H2,1-3H3,(H,19,20). The first-order chi connectivity index (χ1) is 10.0. The number of benzene rings is 1. The van der Waals surface area contributed by atoms with Gasteiger partial charge in [-0.25, -0.2) is 4.79 Å². The second-order valence-electron chi connectivity index (χ2n) is 5.19. The molecule has 0 radical (unpaired) electrons. The van der Waals surface area contributed by atoms with Crippen LogP contribution in [0.4, 0.5) is 0 Å². The molecule has 1 heterocycles. The number of hydrogen-bond donors (Lipinski definition) is 2. The average Bonchev–Trinajstić information content (AvgIpc) is 2.86. The van der Waals surface area contributed by atoms with Crippen LogP contribution in [0.5, 0.6) is 0 Å². The molecule has 112 valence electrons. The Balaban J connectivity index is 1.98. The number of aromatic carboxylic acids is 1. The van der Waals surface area contributed by atoms with Crippen LogP contribution in [0.3, 0.4) is 0 Å². The maximum atomic E-state index is 11.0. The van der Waals surface area contributed by atoms with Crippen LogP contribution in [0.25, 0.3) is 0 Å². The Bertz CT molecular complexity index is 613. The SMILES string of the molecule is CCc1ccc(C(C)NCc2cc(C(=O)O)c(C)o2)cc1. The van der Waals surface area contributed by atoms with E-state index >= 15 is 0 Å². The van der Waals surface area contributed by atoms with Crippen molar-refractivity contribution in [3.8, 4) is 0 Å². The third-order valence-corrected chi connectivity index (χ3v) is 3.67. The molecule has 0 bridgehead atoms. The molecule has 1 aromatic heterocycles. The number of carboxylic acids is 1. The van der Waals surface area contributed by atoms with E-state index in [0.29, 0.717) is 18.1 Å². The zero-order chi connectivity index (χ0) is 15.4. The van der Waals surface area contributed by atoms with Gasteiger partial charge in [0.15, 0.2) is 0 Å². The van der Waals surface area contributed by atoms with Crippen molar-refractivity contribution < 1.29 is 14.3 Å². The van der Waals surface area contributed by atoms with Gasteiger partial charge in [0, 0.05) is 6.04 Å². The minimum absolute atomic E-state index is 0.176. The zero-order valence-electron chi connectivity index (χ0n) is 12.6. The average molecular weight is 287 g/mol. The monoisotopic (exact) mass is 287 g/mol. The predicted octanol–water partition coefficient (Wildman–Crippen LogP) is 3.70. The summed E-state index contributed by atoms with van der Waals surface area (Å²) in [6, 6.07) is 10.3. The highest BCUT2D eigenvalue weighted by Crippen LogP contribution is 2.17. The van der Waals surface area contributed by atoms with E-state index in [1.807, 2.05) is 0 Å². The first-order valence-corrected chi connectivity index (χ1v) is 7.16. The second-order valence-corrected chi connectivity index (χ2v) is 5.19. The first kappa shape index (κ1) is 15.3. The lowest BCUT2D eigenvalue weighted by atomic mass is 10.1. The highest BCUT2D eigenvalue weighted by molar-refractivity contribution is 5.88. The number of rotatable bonds is 6. The van der Waals surface area contributed by atoms with Gasteiger partial charge >= 0.3 is 5.97 Å². The van der Waals surface area contributed by atoms with Crippen LogP contribution in [0.2, 0.25) is 0 Å². The van der Waals surface area contributed by atoms with E-state index < -0.39 is 5.97 Å². The molecule has 2 aromatic rings. The molecule has 21 heavy (non-hydrogen) atoms. The molecule has 1 atom stereocenters. The van der Waals surface area contributed by atoms with Crippen LogP contribution in [0.1, 0.15) is 52.9 Å². The molecule has 0 saturated carbocycles. The number of furan rings is 1. The number of aryl methyl sites for hydroxylation is 2. The molecule has 0 saturated heterocycles. The van der Waals surface area contributed by atoms with E-state index in [4.69, 9.17) is 9.52 Å². The van der Waals surface area contributed by atoms with Crippen molar-refractivity contribution in [2.45, 2.75) is 39.8 Å². The van der Waals surface area contributed by atoms with Crippen molar-refractivity contribution in [3.63, 3.8) is 0 Å². The molecular weight excluding hydrogens is 266 g/mol. The highest BCUT2D eigenvalue weighted by atomic mass is 16.4. The minimum atomic E-state index is -0.953. The van der Waals surface area contributed by atoms with Gasteiger partial charge in [-0.3, -0.25) is 0 Å². The largest absolute Gasteiger partial charge is 0.478 e. The molecule has 4 nitrogen and oxygen atoms in total. The Morgan fingerprint density at radius 2 is 2.00 bits per heavy atom. The fourth-order valence-electron chi connectivity index (χ4n) is 2.26. The van der Waals surface area contributed by atoms with Gasteiger partial charge in [0.1, 0.15) is 17.1 Å². The second kappa shape index (κ2) is 6.59. The van der Waals surface area contributed by atoms with E-state index in [2.05, 4.69) is 43.4 Å². The van der Waals surface area contributed by atoms with Crippen LogP contribution < -0.4 is 5.32 Å². The van der Waals surface area contributed by atoms with Crippen molar-refractivity contribution >= 4 is 5.97 Å². The van der Waals surface area contributed by atoms with Crippen LogP contribution in [0, 0.1) is 6.92 Å². The number of hydrogen-bond acceptors (Lipinski definition) is 3. The maximum absolute atomic E-state index is 11.0. The fourth-order valence-corrected chi connectivity index (χ4v) is 2.26. The summed E-state index contributed by atoms with van der Waals surface area (Å²) in [6.07, 6.45) is 1.03. The lowest BCUT2D eigenvalue weighted by molar-refractivity contribution is 0.0695. The fraction of sp³-hybridized carbons (Fsp3) is 0.353. The molecule has 2 rings (SSSR count). The molecular formula is C17H21NO3. The molecule has 0 aliphatic carbocycles. The maximum Gasteiger partial charge on any atom is 0.339 e. The van der Waals surface area contributed by atoms with Crippen LogP contribution in [-0.4, -0.2) is 11.1 Å². The van der Waals surface area contributed by atoms with Crippen molar-refractivity contribution in [2.24, 2.45) is 0 Å². The topological polar surface area (TPSA) is 62.5 Å². The molecule has 0 amide bonds. The Labute approximate surface area is 124 Å². The number of nitrogens with one attached hydrogen (secondary N) is 1. The Kier molecular flexibility index (Phi) is 4.81. The van der Waals surface area contributed by atoms with Crippen molar-refractivity contribution in [1.82, 2.24) is 5.32 Å². The summed E-state index contributed by atoms with van der Waals surface area (Å²) in [5.41, 5.74) is 2.75. The zero-order valence-corrected chi connectivity index (χ0v) is 12.6. The van der Waals surface area contributed by atoms with Crippen molar-refractivity contribution in [1.29, 1.82) is 0 Å². The van der Waals surface area contributed by atoms with Crippen molar-refractivity contribution in [3.05, 3.63) is 58.5 Å². The Morgan fingerprint density at radius 3 is 2.52 bits per heavy atom. The van der Waals surface area contributed by atoms with Crippen molar-refractivity contribution in [2.75, 3.05) is 0 Å². The van der Waals surface area contributed by atoms with Gasteiger partial charge in [0.25, 0.3) is 0 Å². The smallest absolute Gasteiger partial charge is 0.339 e. The summed E-state index contributed by atoms with van der Waals surface area (Å²) in [5.74, 6) is 0.131. The molecule has 2 N–H and O–H groups in total. The van der Waals surface area contributed by atoms with E-state index in [1.54, 1.807) is 13.0 Å². The van der Waals surface area contributed by atoms with Gasteiger partial charge in [-0.1, -0.05) is 31.2 Å². The van der Waals surface area contributed by atoms with Crippen LogP contribution in [-0.2, 0) is 13.0 Å². The van der Waals surface area contributed by atoms with E-state index in [0.717, 1.165) is 6.42 Å². The van der Waals surface area contributed by atoms with Crippen LogP contribution in [0.15, 0.2) is 34.7 Å². The van der Waals surface area contributed by atoms with E-state index in [-0.39, 0.29) is 11.6 Å². The van der Waals surface area contributed by atoms with E-state index in [9.17, 15) is 4.79 Å². The summed E-state index contributed by atoms with van der Waals surface area (Å²) < 4.78 is 5.46. The molecule has 0 fully saturated rings. The lowest BCUT2D eigenvalue weighted by Gasteiger charge is -2.13. The molecule has 0 aliphatic rings. The Morgan fingerprint density at radius 1 is 1.33 bits per heavy atom. The molecule has 1 aromatic carbocycles. The van der Waals surface area contributed by atoms with Gasteiger partial charge in [0.2, 0.25) is 0 Å². The normalized spacial score (nSPS) is 12.3. The summed E-state index contributed by atoms with van der Waals surface area (Å²) in [5, 5.41) is 12.3. The molecule has 1 unspecified atom stereocenters. The Hall–Kier alpha value is -2.07. The predicted molar refractivity (Wildman–Crippen MR) is 81.5 cm³/mol. The van der Waals surface area contributed by atoms with Gasteiger partial charge in [-0.2, -0.15) is 0 Å². The third kappa shape index (κ3) is 3.73. The molecule has 0 aliphatic heterocycles. The highest BCUT2D eigenvalue weighted by Gasteiger charge is 2.14. The third-order valence-electron chi connectivity index (χ3n) is 3.67. The van der Waals surface area contributed by atoms with Gasteiger partial charge in [-0.15, -0.1) is 0 Å². The minimum Gasteiger partial charge on any atom is -0.478 e. The van der Waals surface area contributed by atoms with Gasteiger partial charge < -0.3 is 14.8 Å². The van der Waals surface area contributed by atoms with Gasteiger partial charge in [0.05, 0.1) is 6.54 Å². The van der Waals surface area contributed by atoms with Gasteiger partial charge in [-0.05, 0) is 37.5 Å². The lowest BCUT2D eigenvalue weighted by Crippen LogP contribution is -2.17. The van der Waals surface area contributed by atoms with E-state index in [1.165, 1.54) is 11.1 Å².